The molecule has 0 saturated heterocycles. The highest BCUT2D eigenvalue weighted by Crippen LogP contribution is 2.36. The first-order valence-electron chi connectivity index (χ1n) is 8.74. The first kappa shape index (κ1) is 18.9. The predicted octanol–water partition coefficient (Wildman–Crippen LogP) is 4.50. The first-order chi connectivity index (χ1) is 12.3. The van der Waals surface area contributed by atoms with Gasteiger partial charge in [0.1, 0.15) is 0 Å². The summed E-state index contributed by atoms with van der Waals surface area (Å²) in [7, 11) is -3.27. The molecule has 3 rings (SSSR count). The summed E-state index contributed by atoms with van der Waals surface area (Å²) in [6, 6.07) is 13.9. The standard InChI is InChI=1S/C20H22ClNO3S/c1-3-26(24,25)19-12-6-16(7-13-19)20(23)22(18-10-11-18)14(2)15-4-8-17(21)9-5-15/h4-9,12-14,18H,3,10-11H2,1-2H3. The van der Waals surface area contributed by atoms with Gasteiger partial charge in [-0.15, -0.1) is 0 Å². The third-order valence-electron chi connectivity index (χ3n) is 4.78. The number of halogens is 1. The average molecular weight is 392 g/mol. The summed E-state index contributed by atoms with van der Waals surface area (Å²) in [4.78, 5) is 15.2. The fourth-order valence-electron chi connectivity index (χ4n) is 3.03. The molecule has 4 nitrogen and oxygen atoms in total. The van der Waals surface area contributed by atoms with Crippen LogP contribution in [0, 0.1) is 0 Å². The Morgan fingerprint density at radius 2 is 1.69 bits per heavy atom. The maximum Gasteiger partial charge on any atom is 0.254 e. The van der Waals surface area contributed by atoms with Gasteiger partial charge in [-0.25, -0.2) is 8.42 Å². The molecule has 0 spiro atoms. The first-order valence-corrected chi connectivity index (χ1v) is 10.8. The van der Waals surface area contributed by atoms with Gasteiger partial charge in [-0.1, -0.05) is 30.7 Å². The van der Waals surface area contributed by atoms with Crippen LogP contribution in [0.15, 0.2) is 53.4 Å². The van der Waals surface area contributed by atoms with E-state index in [0.717, 1.165) is 18.4 Å². The highest BCUT2D eigenvalue weighted by atomic mass is 35.5. The Bertz CT molecular complexity index is 888. The van der Waals surface area contributed by atoms with Crippen LogP contribution in [0.25, 0.3) is 0 Å². The van der Waals surface area contributed by atoms with Crippen molar-refractivity contribution in [1.29, 1.82) is 0 Å². The van der Waals surface area contributed by atoms with E-state index in [9.17, 15) is 13.2 Å². The lowest BCUT2D eigenvalue weighted by Gasteiger charge is -2.30. The van der Waals surface area contributed by atoms with Crippen molar-refractivity contribution in [3.8, 4) is 0 Å². The largest absolute Gasteiger partial charge is 0.329 e. The van der Waals surface area contributed by atoms with Crippen molar-refractivity contribution in [3.05, 3.63) is 64.7 Å². The number of nitrogens with zero attached hydrogens (tertiary/aromatic N) is 1. The maximum atomic E-state index is 13.1. The second-order valence-corrected chi connectivity index (χ2v) is 9.31. The molecule has 1 fully saturated rings. The van der Waals surface area contributed by atoms with Gasteiger partial charge in [0.25, 0.3) is 5.91 Å². The minimum absolute atomic E-state index is 0.0437. The number of carbonyl (C=O) groups excluding carboxylic acids is 1. The molecular weight excluding hydrogens is 370 g/mol. The van der Waals surface area contributed by atoms with Crippen LogP contribution in [0.5, 0.6) is 0 Å². The summed E-state index contributed by atoms with van der Waals surface area (Å²) in [6.07, 6.45) is 1.98. The molecule has 0 aliphatic heterocycles. The summed E-state index contributed by atoms with van der Waals surface area (Å²) < 4.78 is 23.9. The minimum atomic E-state index is -3.27. The molecular formula is C20H22ClNO3S. The molecule has 2 aromatic carbocycles. The Morgan fingerprint density at radius 1 is 1.12 bits per heavy atom. The van der Waals surface area contributed by atoms with Crippen molar-refractivity contribution in [1.82, 2.24) is 4.90 Å². The van der Waals surface area contributed by atoms with Crippen molar-refractivity contribution >= 4 is 27.3 Å². The van der Waals surface area contributed by atoms with Crippen LogP contribution < -0.4 is 0 Å². The van der Waals surface area contributed by atoms with Crippen LogP contribution in [0.1, 0.15) is 48.7 Å². The summed E-state index contributed by atoms with van der Waals surface area (Å²) in [5.74, 6) is -0.0300. The molecule has 0 radical (unpaired) electrons. The maximum absolute atomic E-state index is 13.1. The Morgan fingerprint density at radius 3 is 2.19 bits per heavy atom. The SMILES string of the molecule is CCS(=O)(=O)c1ccc(C(=O)N(C2CC2)C(C)c2ccc(Cl)cc2)cc1. The van der Waals surface area contributed by atoms with Gasteiger partial charge in [-0.2, -0.15) is 0 Å². The van der Waals surface area contributed by atoms with Crippen LogP contribution in [0.2, 0.25) is 5.02 Å². The zero-order valence-electron chi connectivity index (χ0n) is 14.9. The highest BCUT2D eigenvalue weighted by Gasteiger charge is 2.36. The third-order valence-corrected chi connectivity index (χ3v) is 6.79. The van der Waals surface area contributed by atoms with E-state index in [1.165, 1.54) is 12.1 Å². The topological polar surface area (TPSA) is 54.5 Å². The summed E-state index contributed by atoms with van der Waals surface area (Å²) >= 11 is 5.96. The molecule has 0 heterocycles. The van der Waals surface area contributed by atoms with E-state index in [0.29, 0.717) is 10.6 Å². The fourth-order valence-corrected chi connectivity index (χ4v) is 4.04. The number of hydrogen-bond donors (Lipinski definition) is 0. The molecule has 1 saturated carbocycles. The normalized spacial score (nSPS) is 15.5. The van der Waals surface area contributed by atoms with Crippen molar-refractivity contribution < 1.29 is 13.2 Å². The van der Waals surface area contributed by atoms with Gasteiger partial charge in [-0.3, -0.25) is 4.79 Å². The number of rotatable bonds is 6. The quantitative estimate of drug-likeness (QED) is 0.728. The van der Waals surface area contributed by atoms with E-state index in [4.69, 9.17) is 11.6 Å². The van der Waals surface area contributed by atoms with E-state index in [2.05, 4.69) is 0 Å². The molecule has 1 aliphatic carbocycles. The lowest BCUT2D eigenvalue weighted by molar-refractivity contribution is 0.0674. The van der Waals surface area contributed by atoms with Gasteiger partial charge in [0.15, 0.2) is 9.84 Å². The molecule has 1 aliphatic rings. The zero-order chi connectivity index (χ0) is 18.9. The van der Waals surface area contributed by atoms with Crippen LogP contribution in [0.4, 0.5) is 0 Å². The van der Waals surface area contributed by atoms with Crippen LogP contribution in [-0.4, -0.2) is 31.0 Å². The molecule has 0 bridgehead atoms. The van der Waals surface area contributed by atoms with Gasteiger partial charge < -0.3 is 4.90 Å². The fraction of sp³-hybridized carbons (Fsp3) is 0.350. The Balaban J connectivity index is 1.86. The molecule has 6 heteroatoms. The monoisotopic (exact) mass is 391 g/mol. The van der Waals surface area contributed by atoms with Crippen molar-refractivity contribution in [3.63, 3.8) is 0 Å². The van der Waals surface area contributed by atoms with Gasteiger partial charge in [0, 0.05) is 16.6 Å². The number of hydrogen-bond acceptors (Lipinski definition) is 3. The number of amides is 1. The summed E-state index contributed by atoms with van der Waals surface area (Å²) in [5, 5.41) is 0.665. The van der Waals surface area contributed by atoms with E-state index >= 15 is 0 Å². The molecule has 26 heavy (non-hydrogen) atoms. The number of benzene rings is 2. The Kier molecular flexibility index (Phi) is 5.39. The summed E-state index contributed by atoms with van der Waals surface area (Å²) in [6.45, 7) is 3.62. The predicted molar refractivity (Wildman–Crippen MR) is 103 cm³/mol. The van der Waals surface area contributed by atoms with E-state index < -0.39 is 9.84 Å². The van der Waals surface area contributed by atoms with E-state index in [1.807, 2.05) is 36.1 Å². The smallest absolute Gasteiger partial charge is 0.254 e. The second-order valence-electron chi connectivity index (χ2n) is 6.60. The molecule has 1 amide bonds. The summed E-state index contributed by atoms with van der Waals surface area (Å²) in [5.41, 5.74) is 1.53. The Labute approximate surface area is 159 Å². The van der Waals surface area contributed by atoms with E-state index in [-0.39, 0.29) is 28.6 Å². The number of carbonyl (C=O) groups is 1. The molecule has 0 aromatic heterocycles. The lowest BCUT2D eigenvalue weighted by Crippen LogP contribution is -2.35. The highest BCUT2D eigenvalue weighted by molar-refractivity contribution is 7.91. The molecule has 1 unspecified atom stereocenters. The van der Waals surface area contributed by atoms with Crippen LogP contribution in [-0.2, 0) is 9.84 Å². The van der Waals surface area contributed by atoms with Crippen molar-refractivity contribution in [2.75, 3.05) is 5.75 Å². The van der Waals surface area contributed by atoms with Crippen LogP contribution in [0.3, 0.4) is 0 Å². The third kappa shape index (κ3) is 3.94. The van der Waals surface area contributed by atoms with Gasteiger partial charge >= 0.3 is 0 Å². The van der Waals surface area contributed by atoms with Gasteiger partial charge in [0.2, 0.25) is 0 Å². The average Bonchev–Trinajstić information content (AvgIpc) is 3.47. The lowest BCUT2D eigenvalue weighted by atomic mass is 10.1. The van der Waals surface area contributed by atoms with Gasteiger partial charge in [-0.05, 0) is 61.7 Å². The molecule has 0 N–H and O–H groups in total. The molecule has 138 valence electrons. The van der Waals surface area contributed by atoms with E-state index in [1.54, 1.807) is 19.1 Å². The molecule has 2 aromatic rings. The van der Waals surface area contributed by atoms with Crippen molar-refractivity contribution in [2.24, 2.45) is 0 Å². The minimum Gasteiger partial charge on any atom is -0.329 e. The van der Waals surface area contributed by atoms with Crippen LogP contribution >= 0.6 is 11.6 Å². The molecule has 1 atom stereocenters. The Hall–Kier alpha value is -1.85. The zero-order valence-corrected chi connectivity index (χ0v) is 16.4. The number of sulfone groups is 1. The van der Waals surface area contributed by atoms with Gasteiger partial charge in [0.05, 0.1) is 16.7 Å². The van der Waals surface area contributed by atoms with Crippen molar-refractivity contribution in [2.45, 2.75) is 43.7 Å². The second kappa shape index (κ2) is 7.41.